The number of rotatable bonds is 9. The molecular formula is C20H32ClN3O3S. The van der Waals surface area contributed by atoms with Gasteiger partial charge in [-0.3, -0.25) is 4.79 Å². The van der Waals surface area contributed by atoms with E-state index in [1.807, 2.05) is 0 Å². The van der Waals surface area contributed by atoms with Gasteiger partial charge in [-0.25, -0.2) is 8.42 Å². The molecule has 1 aromatic rings. The number of carbonyl (C=O) groups is 1. The molecule has 1 heterocycles. The van der Waals surface area contributed by atoms with Gasteiger partial charge in [0.1, 0.15) is 0 Å². The monoisotopic (exact) mass is 429 g/mol. The minimum atomic E-state index is -3.61. The highest BCUT2D eigenvalue weighted by Crippen LogP contribution is 2.25. The maximum Gasteiger partial charge on any atom is 0.252 e. The number of nitrogens with zero attached hydrogens (tertiary/aromatic N) is 2. The maximum atomic E-state index is 13.0. The van der Waals surface area contributed by atoms with Crippen molar-refractivity contribution in [3.63, 3.8) is 0 Å². The highest BCUT2D eigenvalue weighted by atomic mass is 35.5. The van der Waals surface area contributed by atoms with Gasteiger partial charge in [-0.05, 0) is 57.1 Å². The van der Waals surface area contributed by atoms with E-state index in [9.17, 15) is 13.2 Å². The molecule has 1 aliphatic rings. The molecule has 0 aliphatic carbocycles. The van der Waals surface area contributed by atoms with Gasteiger partial charge in [0, 0.05) is 19.6 Å². The van der Waals surface area contributed by atoms with Gasteiger partial charge >= 0.3 is 0 Å². The third-order valence-corrected chi connectivity index (χ3v) is 7.44. The third kappa shape index (κ3) is 6.17. The molecule has 1 amide bonds. The van der Waals surface area contributed by atoms with E-state index < -0.39 is 10.0 Å². The van der Waals surface area contributed by atoms with Crippen molar-refractivity contribution in [2.24, 2.45) is 0 Å². The highest BCUT2D eigenvalue weighted by molar-refractivity contribution is 7.89. The molecule has 2 rings (SSSR count). The molecule has 1 saturated heterocycles. The predicted octanol–water partition coefficient (Wildman–Crippen LogP) is 3.37. The van der Waals surface area contributed by atoms with Gasteiger partial charge in [0.2, 0.25) is 10.0 Å². The van der Waals surface area contributed by atoms with Crippen LogP contribution in [0.3, 0.4) is 0 Å². The topological polar surface area (TPSA) is 69.7 Å². The number of halogens is 1. The summed E-state index contributed by atoms with van der Waals surface area (Å²) in [5.41, 5.74) is 0.209. The maximum absolute atomic E-state index is 13.0. The Kier molecular flexibility index (Phi) is 9.21. The predicted molar refractivity (Wildman–Crippen MR) is 113 cm³/mol. The lowest BCUT2D eigenvalue weighted by Crippen LogP contribution is -2.32. The molecule has 0 atom stereocenters. The fourth-order valence-corrected chi connectivity index (χ4v) is 5.16. The van der Waals surface area contributed by atoms with E-state index in [1.54, 1.807) is 0 Å². The molecule has 0 spiro atoms. The molecule has 0 radical (unpaired) electrons. The smallest absolute Gasteiger partial charge is 0.252 e. The molecule has 1 aliphatic heterocycles. The minimum absolute atomic E-state index is 0.132. The van der Waals surface area contributed by atoms with Crippen molar-refractivity contribution in [2.75, 3.05) is 39.3 Å². The largest absolute Gasteiger partial charge is 0.352 e. The van der Waals surface area contributed by atoms with Crippen molar-refractivity contribution in [1.29, 1.82) is 0 Å². The molecular weight excluding hydrogens is 398 g/mol. The SMILES string of the molecule is CCN(CC)CCCNC(=O)c1cc(S(=O)(=O)N2CCCCCC2)ccc1Cl. The lowest BCUT2D eigenvalue weighted by Gasteiger charge is -2.20. The van der Waals surface area contributed by atoms with Gasteiger partial charge in [0.15, 0.2) is 0 Å². The summed E-state index contributed by atoms with van der Waals surface area (Å²) < 4.78 is 27.5. The molecule has 158 valence electrons. The average molecular weight is 430 g/mol. The molecule has 1 fully saturated rings. The molecule has 0 aromatic heterocycles. The Morgan fingerprint density at radius 2 is 1.79 bits per heavy atom. The van der Waals surface area contributed by atoms with Crippen molar-refractivity contribution in [3.8, 4) is 0 Å². The Morgan fingerprint density at radius 3 is 2.39 bits per heavy atom. The number of amides is 1. The van der Waals surface area contributed by atoms with Crippen LogP contribution in [0.4, 0.5) is 0 Å². The Bertz CT molecular complexity index is 743. The van der Waals surface area contributed by atoms with Crippen molar-refractivity contribution in [1.82, 2.24) is 14.5 Å². The average Bonchev–Trinajstić information content (AvgIpc) is 2.98. The zero-order valence-electron chi connectivity index (χ0n) is 16.9. The zero-order valence-corrected chi connectivity index (χ0v) is 18.5. The summed E-state index contributed by atoms with van der Waals surface area (Å²) in [6, 6.07) is 4.39. The fourth-order valence-electron chi connectivity index (χ4n) is 3.41. The van der Waals surface area contributed by atoms with E-state index in [4.69, 9.17) is 11.6 Å². The van der Waals surface area contributed by atoms with Crippen LogP contribution in [0.1, 0.15) is 56.3 Å². The summed E-state index contributed by atoms with van der Waals surface area (Å²) in [5, 5.41) is 3.11. The van der Waals surface area contributed by atoms with E-state index in [-0.39, 0.29) is 21.4 Å². The fraction of sp³-hybridized carbons (Fsp3) is 0.650. The Hall–Kier alpha value is -1.15. The second-order valence-corrected chi connectivity index (χ2v) is 9.44. The molecule has 1 N–H and O–H groups in total. The van der Waals surface area contributed by atoms with Gasteiger partial charge in [-0.2, -0.15) is 4.31 Å². The van der Waals surface area contributed by atoms with E-state index in [0.29, 0.717) is 19.6 Å². The van der Waals surface area contributed by atoms with Gasteiger partial charge in [-0.1, -0.05) is 38.3 Å². The van der Waals surface area contributed by atoms with Crippen molar-refractivity contribution >= 4 is 27.5 Å². The first kappa shape index (κ1) is 23.1. The first-order valence-electron chi connectivity index (χ1n) is 10.2. The number of sulfonamides is 1. The molecule has 1 aromatic carbocycles. The van der Waals surface area contributed by atoms with Gasteiger partial charge in [-0.15, -0.1) is 0 Å². The van der Waals surface area contributed by atoms with Crippen LogP contribution < -0.4 is 5.32 Å². The summed E-state index contributed by atoms with van der Waals surface area (Å²) in [4.78, 5) is 15.0. The van der Waals surface area contributed by atoms with Crippen LogP contribution in [0.25, 0.3) is 0 Å². The lowest BCUT2D eigenvalue weighted by atomic mass is 10.2. The van der Waals surface area contributed by atoms with Crippen molar-refractivity contribution < 1.29 is 13.2 Å². The summed E-state index contributed by atoms with van der Waals surface area (Å²) >= 11 is 6.18. The summed E-state index contributed by atoms with van der Waals surface area (Å²) in [6.07, 6.45) is 4.66. The lowest BCUT2D eigenvalue weighted by molar-refractivity contribution is 0.0951. The van der Waals surface area contributed by atoms with Crippen LogP contribution in [0.5, 0.6) is 0 Å². The molecule has 0 unspecified atom stereocenters. The Balaban J connectivity index is 2.06. The minimum Gasteiger partial charge on any atom is -0.352 e. The van der Waals surface area contributed by atoms with Crippen LogP contribution in [0, 0.1) is 0 Å². The number of nitrogens with one attached hydrogen (secondary N) is 1. The standard InChI is InChI=1S/C20H32ClN3O3S/c1-3-23(4-2)13-9-12-22-20(25)18-16-17(10-11-19(18)21)28(26,27)24-14-7-5-6-8-15-24/h10-11,16H,3-9,12-15H2,1-2H3,(H,22,25). The number of carbonyl (C=O) groups excluding carboxylic acids is 1. The second kappa shape index (κ2) is 11.1. The zero-order chi connectivity index (χ0) is 20.6. The summed E-state index contributed by atoms with van der Waals surface area (Å²) in [6.45, 7) is 8.66. The van der Waals surface area contributed by atoms with Crippen LogP contribution >= 0.6 is 11.6 Å². The van der Waals surface area contributed by atoms with E-state index >= 15 is 0 Å². The van der Waals surface area contributed by atoms with Crippen LogP contribution in [0.2, 0.25) is 5.02 Å². The van der Waals surface area contributed by atoms with Crippen molar-refractivity contribution in [3.05, 3.63) is 28.8 Å². The number of benzene rings is 1. The van der Waals surface area contributed by atoms with Gasteiger partial charge < -0.3 is 10.2 Å². The molecule has 28 heavy (non-hydrogen) atoms. The van der Waals surface area contributed by atoms with Crippen molar-refractivity contribution in [2.45, 2.75) is 50.8 Å². The Labute approximate surface area is 174 Å². The number of hydrogen-bond acceptors (Lipinski definition) is 4. The molecule has 6 nitrogen and oxygen atoms in total. The van der Waals surface area contributed by atoms with Gasteiger partial charge in [0.05, 0.1) is 15.5 Å². The third-order valence-electron chi connectivity index (χ3n) is 5.22. The number of hydrogen-bond donors (Lipinski definition) is 1. The first-order valence-corrected chi connectivity index (χ1v) is 12.0. The van der Waals surface area contributed by atoms with E-state index in [1.165, 1.54) is 22.5 Å². The van der Waals surface area contributed by atoms with E-state index in [2.05, 4.69) is 24.1 Å². The van der Waals surface area contributed by atoms with Gasteiger partial charge in [0.25, 0.3) is 5.91 Å². The second-order valence-electron chi connectivity index (χ2n) is 7.10. The first-order chi connectivity index (χ1) is 13.4. The van der Waals surface area contributed by atoms with Crippen LogP contribution in [-0.4, -0.2) is 62.8 Å². The molecule has 0 bridgehead atoms. The summed E-state index contributed by atoms with van der Waals surface area (Å²) in [5.74, 6) is -0.336. The quantitative estimate of drug-likeness (QED) is 0.611. The molecule has 8 heteroatoms. The van der Waals surface area contributed by atoms with Crippen LogP contribution in [-0.2, 0) is 10.0 Å². The molecule has 0 saturated carbocycles. The Morgan fingerprint density at radius 1 is 1.14 bits per heavy atom. The summed E-state index contributed by atoms with van der Waals surface area (Å²) in [7, 11) is -3.61. The van der Waals surface area contributed by atoms with E-state index in [0.717, 1.165) is 51.7 Å². The normalized spacial score (nSPS) is 16.1. The highest BCUT2D eigenvalue weighted by Gasteiger charge is 2.26. The van der Waals surface area contributed by atoms with Crippen LogP contribution in [0.15, 0.2) is 23.1 Å².